The zero-order valence-corrected chi connectivity index (χ0v) is 10.6. The van der Waals surface area contributed by atoms with Crippen LogP contribution in [0, 0.1) is 6.92 Å². The molecule has 1 aromatic heterocycles. The van der Waals surface area contributed by atoms with Crippen molar-refractivity contribution in [2.45, 2.75) is 45.1 Å². The van der Waals surface area contributed by atoms with Gasteiger partial charge in [0.2, 0.25) is 5.88 Å². The van der Waals surface area contributed by atoms with Crippen LogP contribution >= 0.6 is 0 Å². The Bertz CT molecular complexity index is 335. The monoisotopic (exact) mass is 234 g/mol. The summed E-state index contributed by atoms with van der Waals surface area (Å²) in [6, 6.07) is 4.68. The quantitative estimate of drug-likeness (QED) is 0.795. The van der Waals surface area contributed by atoms with Gasteiger partial charge in [0.15, 0.2) is 0 Å². The Morgan fingerprint density at radius 2 is 2.41 bits per heavy atom. The summed E-state index contributed by atoms with van der Waals surface area (Å²) in [7, 11) is 0. The van der Waals surface area contributed by atoms with Crippen molar-refractivity contribution in [1.29, 1.82) is 0 Å². The van der Waals surface area contributed by atoms with Crippen LogP contribution in [-0.4, -0.2) is 24.2 Å². The maximum Gasteiger partial charge on any atom is 0.213 e. The minimum atomic E-state index is 0.706. The second-order valence-electron chi connectivity index (χ2n) is 4.81. The highest BCUT2D eigenvalue weighted by Crippen LogP contribution is 2.13. The van der Waals surface area contributed by atoms with E-state index in [1.165, 1.54) is 37.8 Å². The average molecular weight is 234 g/mol. The minimum Gasteiger partial charge on any atom is -0.478 e. The molecule has 3 nitrogen and oxygen atoms in total. The van der Waals surface area contributed by atoms with Gasteiger partial charge in [-0.05, 0) is 50.8 Å². The van der Waals surface area contributed by atoms with Gasteiger partial charge in [-0.15, -0.1) is 0 Å². The molecule has 0 aliphatic carbocycles. The second kappa shape index (κ2) is 6.60. The Balaban J connectivity index is 1.62. The Kier molecular flexibility index (Phi) is 4.80. The number of hydrogen-bond donors (Lipinski definition) is 1. The SMILES string of the molecule is Cc1ccnc(OCCC[C@@H]2CCCCN2)c1. The lowest BCUT2D eigenvalue weighted by atomic mass is 10.0. The summed E-state index contributed by atoms with van der Waals surface area (Å²) in [6.07, 6.45) is 8.15. The molecule has 0 unspecified atom stereocenters. The molecule has 0 amide bonds. The van der Waals surface area contributed by atoms with Crippen molar-refractivity contribution >= 4 is 0 Å². The summed E-state index contributed by atoms with van der Waals surface area (Å²) >= 11 is 0. The van der Waals surface area contributed by atoms with Crippen LogP contribution in [0.2, 0.25) is 0 Å². The lowest BCUT2D eigenvalue weighted by Gasteiger charge is -2.23. The Hall–Kier alpha value is -1.09. The van der Waals surface area contributed by atoms with Crippen molar-refractivity contribution in [3.05, 3.63) is 23.9 Å². The van der Waals surface area contributed by atoms with Gasteiger partial charge in [0.1, 0.15) is 0 Å². The van der Waals surface area contributed by atoms with E-state index in [0.717, 1.165) is 18.9 Å². The molecule has 1 N–H and O–H groups in total. The summed E-state index contributed by atoms with van der Waals surface area (Å²) in [5, 5.41) is 3.56. The first kappa shape index (κ1) is 12.4. The molecule has 0 bridgehead atoms. The normalized spacial score (nSPS) is 20.2. The van der Waals surface area contributed by atoms with Crippen LogP contribution in [0.25, 0.3) is 0 Å². The summed E-state index contributed by atoms with van der Waals surface area (Å²) in [5.74, 6) is 0.751. The van der Waals surface area contributed by atoms with E-state index in [9.17, 15) is 0 Å². The van der Waals surface area contributed by atoms with E-state index in [-0.39, 0.29) is 0 Å². The fourth-order valence-electron chi connectivity index (χ4n) is 2.26. The van der Waals surface area contributed by atoms with Crippen LogP contribution in [0.15, 0.2) is 18.3 Å². The molecule has 3 heteroatoms. The molecule has 94 valence electrons. The van der Waals surface area contributed by atoms with E-state index < -0.39 is 0 Å². The van der Waals surface area contributed by atoms with Gasteiger partial charge in [0.05, 0.1) is 6.61 Å². The summed E-state index contributed by atoms with van der Waals surface area (Å²) < 4.78 is 5.64. The number of aryl methyl sites for hydroxylation is 1. The summed E-state index contributed by atoms with van der Waals surface area (Å²) in [4.78, 5) is 4.19. The van der Waals surface area contributed by atoms with Gasteiger partial charge in [0, 0.05) is 18.3 Å². The summed E-state index contributed by atoms with van der Waals surface area (Å²) in [5.41, 5.74) is 1.20. The van der Waals surface area contributed by atoms with Crippen LogP contribution in [0.4, 0.5) is 0 Å². The molecule has 2 rings (SSSR count). The highest BCUT2D eigenvalue weighted by molar-refractivity contribution is 5.18. The lowest BCUT2D eigenvalue weighted by molar-refractivity contribution is 0.276. The van der Waals surface area contributed by atoms with Gasteiger partial charge in [-0.25, -0.2) is 4.98 Å². The molecule has 0 aromatic carbocycles. The van der Waals surface area contributed by atoms with Crippen molar-refractivity contribution in [3.8, 4) is 5.88 Å². The molecule has 1 atom stereocenters. The van der Waals surface area contributed by atoms with Gasteiger partial charge in [-0.2, -0.15) is 0 Å². The zero-order valence-electron chi connectivity index (χ0n) is 10.6. The van der Waals surface area contributed by atoms with Crippen LogP contribution in [0.5, 0.6) is 5.88 Å². The molecule has 0 radical (unpaired) electrons. The third kappa shape index (κ3) is 4.35. The standard InChI is InChI=1S/C14H22N2O/c1-12-7-9-16-14(11-12)17-10-4-6-13-5-2-3-8-15-13/h7,9,11,13,15H,2-6,8,10H2,1H3/t13-/m0/s1. The molecule has 0 spiro atoms. The van der Waals surface area contributed by atoms with Crippen molar-refractivity contribution in [2.24, 2.45) is 0 Å². The number of rotatable bonds is 5. The third-order valence-electron chi connectivity index (χ3n) is 3.25. The van der Waals surface area contributed by atoms with Crippen LogP contribution in [0.1, 0.15) is 37.7 Å². The van der Waals surface area contributed by atoms with E-state index in [2.05, 4.69) is 17.2 Å². The molecular weight excluding hydrogens is 212 g/mol. The zero-order chi connectivity index (χ0) is 11.9. The van der Waals surface area contributed by atoms with Crippen LogP contribution < -0.4 is 10.1 Å². The van der Waals surface area contributed by atoms with E-state index in [4.69, 9.17) is 4.74 Å². The molecule has 17 heavy (non-hydrogen) atoms. The molecule has 1 fully saturated rings. The molecule has 1 aliphatic rings. The molecule has 1 aromatic rings. The summed E-state index contributed by atoms with van der Waals surface area (Å²) in [6.45, 7) is 4.01. The first-order chi connectivity index (χ1) is 8.34. The number of pyridine rings is 1. The van der Waals surface area contributed by atoms with E-state index >= 15 is 0 Å². The topological polar surface area (TPSA) is 34.1 Å². The number of ether oxygens (including phenoxy) is 1. The maximum atomic E-state index is 5.64. The Labute approximate surface area is 104 Å². The highest BCUT2D eigenvalue weighted by atomic mass is 16.5. The molecular formula is C14H22N2O. The predicted molar refractivity (Wildman–Crippen MR) is 69.3 cm³/mol. The fourth-order valence-corrected chi connectivity index (χ4v) is 2.26. The van der Waals surface area contributed by atoms with Crippen molar-refractivity contribution in [1.82, 2.24) is 10.3 Å². The largest absolute Gasteiger partial charge is 0.478 e. The number of hydrogen-bond acceptors (Lipinski definition) is 3. The number of nitrogens with one attached hydrogen (secondary N) is 1. The predicted octanol–water partition coefficient (Wildman–Crippen LogP) is 2.69. The first-order valence-electron chi connectivity index (χ1n) is 6.63. The fraction of sp³-hybridized carbons (Fsp3) is 0.643. The van der Waals surface area contributed by atoms with E-state index in [0.29, 0.717) is 6.04 Å². The van der Waals surface area contributed by atoms with Crippen molar-refractivity contribution in [2.75, 3.05) is 13.2 Å². The van der Waals surface area contributed by atoms with E-state index in [1.807, 2.05) is 12.1 Å². The van der Waals surface area contributed by atoms with Crippen LogP contribution in [-0.2, 0) is 0 Å². The van der Waals surface area contributed by atoms with E-state index in [1.54, 1.807) is 6.20 Å². The Morgan fingerprint density at radius 3 is 3.18 bits per heavy atom. The van der Waals surface area contributed by atoms with Gasteiger partial charge in [-0.1, -0.05) is 6.42 Å². The molecule has 0 saturated carbocycles. The Morgan fingerprint density at radius 1 is 1.47 bits per heavy atom. The first-order valence-corrected chi connectivity index (χ1v) is 6.63. The van der Waals surface area contributed by atoms with Gasteiger partial charge >= 0.3 is 0 Å². The molecule has 2 heterocycles. The number of nitrogens with zero attached hydrogens (tertiary/aromatic N) is 1. The molecule has 1 saturated heterocycles. The average Bonchev–Trinajstić information content (AvgIpc) is 2.36. The van der Waals surface area contributed by atoms with Crippen molar-refractivity contribution < 1.29 is 4.74 Å². The smallest absolute Gasteiger partial charge is 0.213 e. The van der Waals surface area contributed by atoms with Crippen molar-refractivity contribution in [3.63, 3.8) is 0 Å². The van der Waals surface area contributed by atoms with Crippen LogP contribution in [0.3, 0.4) is 0 Å². The number of piperidine rings is 1. The second-order valence-corrected chi connectivity index (χ2v) is 4.81. The minimum absolute atomic E-state index is 0.706. The van der Waals surface area contributed by atoms with Gasteiger partial charge < -0.3 is 10.1 Å². The van der Waals surface area contributed by atoms with Gasteiger partial charge in [-0.3, -0.25) is 0 Å². The van der Waals surface area contributed by atoms with Gasteiger partial charge in [0.25, 0.3) is 0 Å². The number of aromatic nitrogens is 1. The lowest BCUT2D eigenvalue weighted by Crippen LogP contribution is -2.34. The third-order valence-corrected chi connectivity index (χ3v) is 3.25. The molecule has 1 aliphatic heterocycles. The maximum absolute atomic E-state index is 5.64. The highest BCUT2D eigenvalue weighted by Gasteiger charge is 2.11.